The van der Waals surface area contributed by atoms with Crippen LogP contribution < -0.4 is 0 Å². The van der Waals surface area contributed by atoms with Gasteiger partial charge in [0, 0.05) is 49.5 Å². The topological polar surface area (TPSA) is 70.2 Å². The van der Waals surface area contributed by atoms with Gasteiger partial charge in [-0.25, -0.2) is 4.39 Å². The van der Waals surface area contributed by atoms with Crippen LogP contribution in [0.4, 0.5) is 4.39 Å². The lowest BCUT2D eigenvalue weighted by Gasteiger charge is -2.38. The number of ketones is 1. The maximum Gasteiger partial charge on any atom is 0.325 e. The van der Waals surface area contributed by atoms with Gasteiger partial charge in [0.05, 0.1) is 19.7 Å². The Hall–Kier alpha value is -2.23. The molecule has 0 bridgehead atoms. The molecule has 34 heavy (non-hydrogen) atoms. The van der Waals surface area contributed by atoms with Gasteiger partial charge in [-0.3, -0.25) is 24.2 Å². The molecule has 9 heteroatoms. The van der Waals surface area contributed by atoms with E-state index < -0.39 is 12.0 Å². The Morgan fingerprint density at radius 2 is 1.94 bits per heavy atom. The lowest BCUT2D eigenvalue weighted by molar-refractivity contribution is -0.149. The third-order valence-electron chi connectivity index (χ3n) is 6.87. The third-order valence-corrected chi connectivity index (χ3v) is 7.46. The molecule has 3 fully saturated rings. The van der Waals surface area contributed by atoms with Gasteiger partial charge in [-0.15, -0.1) is 0 Å². The fourth-order valence-corrected chi connectivity index (χ4v) is 4.98. The molecule has 0 N–H and O–H groups in total. The van der Waals surface area contributed by atoms with E-state index in [0.717, 1.165) is 24.8 Å². The van der Waals surface area contributed by atoms with Crippen LogP contribution in [-0.2, 0) is 19.1 Å². The highest BCUT2D eigenvalue weighted by Gasteiger charge is 2.40. The van der Waals surface area contributed by atoms with E-state index in [9.17, 15) is 18.8 Å². The van der Waals surface area contributed by atoms with Crippen molar-refractivity contribution in [3.63, 3.8) is 0 Å². The number of nitrogens with zero attached hydrogens (tertiary/aromatic N) is 3. The molecule has 0 radical (unpaired) electrons. The lowest BCUT2D eigenvalue weighted by atomic mass is 9.93. The molecule has 1 aliphatic carbocycles. The number of rotatable bonds is 8. The van der Waals surface area contributed by atoms with Crippen LogP contribution in [0.5, 0.6) is 0 Å². The standard InChI is InChI=1S/C25H32FN3O4S/c1-33-23(31)16-28-13-12-27(15-22(28)30)10-8-18-14-29(11-9-21(18)34)24(25(32)17-6-7-17)19-4-2-3-5-20(19)26/h2-5,8,17,21,24,34H,6-7,9-16H2,1H3. The molecule has 2 unspecified atom stereocenters. The molecule has 7 nitrogen and oxygen atoms in total. The van der Waals surface area contributed by atoms with Gasteiger partial charge in [-0.2, -0.15) is 12.6 Å². The van der Waals surface area contributed by atoms with Gasteiger partial charge >= 0.3 is 5.97 Å². The summed E-state index contributed by atoms with van der Waals surface area (Å²) in [5.74, 6) is -0.734. The van der Waals surface area contributed by atoms with Crippen LogP contribution in [0.1, 0.15) is 30.9 Å². The zero-order chi connectivity index (χ0) is 24.2. The van der Waals surface area contributed by atoms with E-state index in [1.807, 2.05) is 4.90 Å². The quantitative estimate of drug-likeness (QED) is 0.343. The van der Waals surface area contributed by atoms with Gasteiger partial charge in [-0.05, 0) is 30.9 Å². The molecular weight excluding hydrogens is 457 g/mol. The van der Waals surface area contributed by atoms with Crippen molar-refractivity contribution in [2.45, 2.75) is 30.6 Å². The van der Waals surface area contributed by atoms with Crippen molar-refractivity contribution in [2.24, 2.45) is 5.92 Å². The van der Waals surface area contributed by atoms with E-state index in [0.29, 0.717) is 38.3 Å². The molecule has 1 aromatic carbocycles. The molecule has 1 aromatic rings. The lowest BCUT2D eigenvalue weighted by Crippen LogP contribution is -2.51. The third kappa shape index (κ3) is 5.87. The summed E-state index contributed by atoms with van der Waals surface area (Å²) in [6.07, 6.45) is 4.62. The summed E-state index contributed by atoms with van der Waals surface area (Å²) in [7, 11) is 1.31. The second-order valence-electron chi connectivity index (χ2n) is 9.28. The Kier molecular flexibility index (Phi) is 8.06. The number of thiol groups is 1. The molecule has 2 heterocycles. The fraction of sp³-hybridized carbons (Fsp3) is 0.560. The van der Waals surface area contributed by atoms with E-state index in [4.69, 9.17) is 12.6 Å². The van der Waals surface area contributed by atoms with Crippen molar-refractivity contribution in [3.8, 4) is 0 Å². The Balaban J connectivity index is 1.43. The normalized spacial score (nSPS) is 24.3. The molecule has 0 spiro atoms. The number of hydrogen-bond acceptors (Lipinski definition) is 7. The number of ether oxygens (including phenoxy) is 1. The second-order valence-corrected chi connectivity index (χ2v) is 9.90. The number of carbonyl (C=O) groups is 3. The highest BCUT2D eigenvalue weighted by atomic mass is 32.1. The molecule has 2 saturated heterocycles. The van der Waals surface area contributed by atoms with E-state index in [-0.39, 0.29) is 41.8 Å². The number of carbonyl (C=O) groups excluding carboxylic acids is 3. The highest BCUT2D eigenvalue weighted by Crippen LogP contribution is 2.39. The monoisotopic (exact) mass is 489 g/mol. The van der Waals surface area contributed by atoms with Gasteiger partial charge in [0.15, 0.2) is 5.78 Å². The minimum Gasteiger partial charge on any atom is -0.468 e. The maximum absolute atomic E-state index is 14.7. The summed E-state index contributed by atoms with van der Waals surface area (Å²) in [5, 5.41) is 0.0601. The molecule has 1 amide bonds. The number of esters is 1. The predicted octanol–water partition coefficient (Wildman–Crippen LogP) is 2.09. The zero-order valence-electron chi connectivity index (χ0n) is 19.5. The summed E-state index contributed by atoms with van der Waals surface area (Å²) in [6, 6.07) is 5.98. The number of halogens is 1. The number of methoxy groups -OCH3 is 1. The SMILES string of the molecule is COC(=O)CN1CCN(CC=C2CN(C(C(=O)C3CC3)c3ccccc3F)CCC2S)CC1=O. The Labute approximate surface area is 205 Å². The Bertz CT molecular complexity index is 967. The molecule has 184 valence electrons. The molecule has 1 saturated carbocycles. The number of amides is 1. The first-order valence-electron chi connectivity index (χ1n) is 11.8. The van der Waals surface area contributed by atoms with Gasteiger partial charge in [0.1, 0.15) is 12.4 Å². The summed E-state index contributed by atoms with van der Waals surface area (Å²) >= 11 is 4.76. The predicted molar refractivity (Wildman–Crippen MR) is 129 cm³/mol. The number of piperazine rings is 1. The van der Waals surface area contributed by atoms with Crippen molar-refractivity contribution in [2.75, 3.05) is 52.9 Å². The second kappa shape index (κ2) is 11.0. The first kappa shape index (κ1) is 24.9. The summed E-state index contributed by atoms with van der Waals surface area (Å²) in [4.78, 5) is 42.7. The van der Waals surface area contributed by atoms with Crippen LogP contribution in [-0.4, -0.2) is 90.5 Å². The summed E-state index contributed by atoms with van der Waals surface area (Å²) < 4.78 is 19.3. The van der Waals surface area contributed by atoms with Gasteiger partial charge in [0.25, 0.3) is 0 Å². The molecule has 2 aliphatic heterocycles. The van der Waals surface area contributed by atoms with Crippen molar-refractivity contribution >= 4 is 30.3 Å². The molecular formula is C25H32FN3O4S. The smallest absolute Gasteiger partial charge is 0.325 e. The number of likely N-dealkylation sites (tertiary alicyclic amines) is 1. The maximum atomic E-state index is 14.7. The zero-order valence-corrected chi connectivity index (χ0v) is 20.4. The van der Waals surface area contributed by atoms with E-state index >= 15 is 0 Å². The Morgan fingerprint density at radius 1 is 1.18 bits per heavy atom. The fourth-order valence-electron chi connectivity index (χ4n) is 4.68. The minimum atomic E-state index is -0.582. The van der Waals surface area contributed by atoms with Crippen molar-refractivity contribution in [3.05, 3.63) is 47.3 Å². The number of piperidine rings is 1. The Morgan fingerprint density at radius 3 is 2.62 bits per heavy atom. The van der Waals surface area contributed by atoms with E-state index in [1.165, 1.54) is 18.1 Å². The largest absolute Gasteiger partial charge is 0.468 e. The minimum absolute atomic E-state index is 0.0234. The molecule has 4 rings (SSSR count). The van der Waals surface area contributed by atoms with Gasteiger partial charge in [-0.1, -0.05) is 24.3 Å². The van der Waals surface area contributed by atoms with Crippen LogP contribution in [0.25, 0.3) is 0 Å². The molecule has 2 atom stereocenters. The van der Waals surface area contributed by atoms with Gasteiger partial charge in [0.2, 0.25) is 5.91 Å². The molecule has 0 aromatic heterocycles. The van der Waals surface area contributed by atoms with E-state index in [2.05, 4.69) is 15.7 Å². The average Bonchev–Trinajstić information content (AvgIpc) is 3.67. The first-order valence-corrected chi connectivity index (χ1v) is 12.3. The van der Waals surface area contributed by atoms with Crippen molar-refractivity contribution in [1.29, 1.82) is 0 Å². The van der Waals surface area contributed by atoms with Crippen LogP contribution >= 0.6 is 12.6 Å². The number of Topliss-reactive ketones (excluding diaryl/α,β-unsaturated/α-hetero) is 1. The van der Waals surface area contributed by atoms with Crippen molar-refractivity contribution in [1.82, 2.24) is 14.7 Å². The summed E-state index contributed by atoms with van der Waals surface area (Å²) in [6.45, 7) is 3.14. The van der Waals surface area contributed by atoms with Crippen LogP contribution in [0.15, 0.2) is 35.9 Å². The van der Waals surface area contributed by atoms with E-state index in [1.54, 1.807) is 18.2 Å². The van der Waals surface area contributed by atoms with Crippen LogP contribution in [0.3, 0.4) is 0 Å². The van der Waals surface area contributed by atoms with Crippen LogP contribution in [0.2, 0.25) is 0 Å². The number of benzene rings is 1. The molecule has 3 aliphatic rings. The highest BCUT2D eigenvalue weighted by molar-refractivity contribution is 7.81. The summed E-state index contributed by atoms with van der Waals surface area (Å²) in [5.41, 5.74) is 1.53. The first-order chi connectivity index (χ1) is 16.4. The van der Waals surface area contributed by atoms with Crippen molar-refractivity contribution < 1.29 is 23.5 Å². The van der Waals surface area contributed by atoms with Gasteiger partial charge < -0.3 is 9.64 Å². The van der Waals surface area contributed by atoms with Crippen LogP contribution in [0, 0.1) is 11.7 Å². The average molecular weight is 490 g/mol. The number of hydrogen-bond donors (Lipinski definition) is 1.